The van der Waals surface area contributed by atoms with Crippen LogP contribution in [0.4, 0.5) is 0 Å². The fraction of sp³-hybridized carbons (Fsp3) is 0.923. The Morgan fingerprint density at radius 3 is 2.33 bits per heavy atom. The van der Waals surface area contributed by atoms with Gasteiger partial charge in [-0.2, -0.15) is 0 Å². The average Bonchev–Trinajstić information content (AvgIpc) is 3.03. The van der Waals surface area contributed by atoms with Gasteiger partial charge in [0, 0.05) is 18.4 Å². The van der Waals surface area contributed by atoms with E-state index in [0.29, 0.717) is 18.2 Å². The molecule has 0 aromatic rings. The number of Topliss-reactive ketones (excluding diaryl/α,β-unsaturated/α-hetero) is 1. The molecular formula is C13H23NO. The molecule has 0 aliphatic heterocycles. The van der Waals surface area contributed by atoms with Crippen molar-refractivity contribution >= 4 is 5.78 Å². The smallest absolute Gasteiger partial charge is 0.140 e. The van der Waals surface area contributed by atoms with E-state index in [0.717, 1.165) is 25.2 Å². The van der Waals surface area contributed by atoms with Crippen LogP contribution in [0.15, 0.2) is 0 Å². The first-order valence-electron chi connectivity index (χ1n) is 6.40. The van der Waals surface area contributed by atoms with Crippen LogP contribution in [0, 0.1) is 17.3 Å². The molecule has 86 valence electrons. The van der Waals surface area contributed by atoms with Gasteiger partial charge >= 0.3 is 0 Å². The summed E-state index contributed by atoms with van der Waals surface area (Å²) in [5, 5.41) is 0. The van der Waals surface area contributed by atoms with Gasteiger partial charge in [0.25, 0.3) is 0 Å². The minimum atomic E-state index is -0.130. The Morgan fingerprint density at radius 2 is 1.87 bits per heavy atom. The van der Waals surface area contributed by atoms with Crippen molar-refractivity contribution in [3.8, 4) is 0 Å². The number of carbonyl (C=O) groups excluding carboxylic acids is 1. The number of ketones is 1. The quantitative estimate of drug-likeness (QED) is 0.773. The van der Waals surface area contributed by atoms with Crippen molar-refractivity contribution in [1.82, 2.24) is 0 Å². The van der Waals surface area contributed by atoms with E-state index in [1.54, 1.807) is 0 Å². The summed E-state index contributed by atoms with van der Waals surface area (Å²) in [4.78, 5) is 12.2. The van der Waals surface area contributed by atoms with Crippen molar-refractivity contribution in [3.05, 3.63) is 0 Å². The normalized spacial score (nSPS) is 36.5. The van der Waals surface area contributed by atoms with E-state index in [9.17, 15) is 4.79 Å². The van der Waals surface area contributed by atoms with Crippen molar-refractivity contribution in [1.29, 1.82) is 0 Å². The van der Waals surface area contributed by atoms with Crippen LogP contribution in [-0.4, -0.2) is 12.3 Å². The molecule has 0 unspecified atom stereocenters. The summed E-state index contributed by atoms with van der Waals surface area (Å²) < 4.78 is 0. The maximum Gasteiger partial charge on any atom is 0.140 e. The zero-order valence-corrected chi connectivity index (χ0v) is 9.80. The summed E-state index contributed by atoms with van der Waals surface area (Å²) in [6.45, 7) is 2.86. The largest absolute Gasteiger partial charge is 0.329 e. The first-order chi connectivity index (χ1) is 7.16. The summed E-state index contributed by atoms with van der Waals surface area (Å²) in [6.07, 6.45) is 7.80. The van der Waals surface area contributed by atoms with Crippen LogP contribution in [-0.2, 0) is 4.79 Å². The minimum Gasteiger partial charge on any atom is -0.329 e. The first kappa shape index (κ1) is 11.1. The lowest BCUT2D eigenvalue weighted by Gasteiger charge is -2.37. The molecule has 0 radical (unpaired) electrons. The predicted octanol–water partition coefficient (Wildman–Crippen LogP) is 2.51. The fourth-order valence-electron chi connectivity index (χ4n) is 2.71. The minimum absolute atomic E-state index is 0.130. The maximum absolute atomic E-state index is 12.2. The molecule has 0 aromatic heterocycles. The molecule has 2 saturated carbocycles. The molecule has 0 saturated heterocycles. The van der Waals surface area contributed by atoms with Crippen LogP contribution in [0.1, 0.15) is 51.9 Å². The molecule has 0 bridgehead atoms. The van der Waals surface area contributed by atoms with E-state index in [1.807, 2.05) is 0 Å². The van der Waals surface area contributed by atoms with Gasteiger partial charge in [-0.3, -0.25) is 4.79 Å². The van der Waals surface area contributed by atoms with Crippen molar-refractivity contribution in [2.75, 3.05) is 6.54 Å². The van der Waals surface area contributed by atoms with E-state index in [-0.39, 0.29) is 5.41 Å². The van der Waals surface area contributed by atoms with Gasteiger partial charge in [-0.15, -0.1) is 0 Å². The second-order valence-corrected chi connectivity index (χ2v) is 5.74. The molecule has 2 nitrogen and oxygen atoms in total. The molecule has 2 N–H and O–H groups in total. The van der Waals surface area contributed by atoms with E-state index in [4.69, 9.17) is 5.73 Å². The first-order valence-corrected chi connectivity index (χ1v) is 6.40. The lowest BCUT2D eigenvalue weighted by molar-refractivity contribution is -0.130. The monoisotopic (exact) mass is 209 g/mol. The van der Waals surface area contributed by atoms with Crippen molar-refractivity contribution < 1.29 is 4.79 Å². The highest BCUT2D eigenvalue weighted by atomic mass is 16.1. The van der Waals surface area contributed by atoms with E-state index < -0.39 is 0 Å². The summed E-state index contributed by atoms with van der Waals surface area (Å²) in [7, 11) is 0. The third kappa shape index (κ3) is 2.41. The number of hydrogen-bond acceptors (Lipinski definition) is 2. The molecule has 2 rings (SSSR count). The van der Waals surface area contributed by atoms with Crippen molar-refractivity contribution in [2.45, 2.75) is 51.9 Å². The van der Waals surface area contributed by atoms with Crippen molar-refractivity contribution in [2.24, 2.45) is 23.0 Å². The van der Waals surface area contributed by atoms with Crippen LogP contribution >= 0.6 is 0 Å². The summed E-state index contributed by atoms with van der Waals surface area (Å²) in [6, 6.07) is 0. The van der Waals surface area contributed by atoms with Crippen molar-refractivity contribution in [3.63, 3.8) is 0 Å². The molecule has 15 heavy (non-hydrogen) atoms. The molecule has 2 aliphatic rings. The second-order valence-electron chi connectivity index (χ2n) is 5.74. The van der Waals surface area contributed by atoms with Gasteiger partial charge in [0.1, 0.15) is 5.78 Å². The Labute approximate surface area is 92.6 Å². The van der Waals surface area contributed by atoms with Gasteiger partial charge in [0.15, 0.2) is 0 Å². The van der Waals surface area contributed by atoms with Gasteiger partial charge in [-0.25, -0.2) is 0 Å². The van der Waals surface area contributed by atoms with E-state index in [2.05, 4.69) is 6.92 Å². The number of rotatable bonds is 4. The topological polar surface area (TPSA) is 43.1 Å². The lowest BCUT2D eigenvalue weighted by atomic mass is 9.67. The third-order valence-corrected chi connectivity index (χ3v) is 4.38. The Morgan fingerprint density at radius 1 is 1.27 bits per heavy atom. The Bertz CT molecular complexity index is 237. The molecule has 2 heteroatoms. The number of nitrogens with two attached hydrogens (primary N) is 1. The SMILES string of the molecule is CC1CCC(CN)(C(=O)CC2CC2)CC1. The maximum atomic E-state index is 12.2. The van der Waals surface area contributed by atoms with Gasteiger partial charge < -0.3 is 5.73 Å². The molecule has 2 aliphatic carbocycles. The van der Waals surface area contributed by atoms with E-state index >= 15 is 0 Å². The van der Waals surface area contributed by atoms with Crippen LogP contribution in [0.25, 0.3) is 0 Å². The number of carbonyl (C=O) groups is 1. The van der Waals surface area contributed by atoms with E-state index in [1.165, 1.54) is 25.7 Å². The van der Waals surface area contributed by atoms with Gasteiger partial charge in [0.2, 0.25) is 0 Å². The summed E-state index contributed by atoms with van der Waals surface area (Å²) in [5.74, 6) is 1.97. The molecule has 0 spiro atoms. The highest BCUT2D eigenvalue weighted by molar-refractivity contribution is 5.85. The Hall–Kier alpha value is -0.370. The van der Waals surface area contributed by atoms with Crippen LogP contribution in [0.5, 0.6) is 0 Å². The highest BCUT2D eigenvalue weighted by Crippen LogP contribution is 2.43. The zero-order valence-electron chi connectivity index (χ0n) is 9.80. The molecular weight excluding hydrogens is 186 g/mol. The standard InChI is InChI=1S/C13H23NO/c1-10-4-6-13(9-14,7-5-10)12(15)8-11-2-3-11/h10-11H,2-9,14H2,1H3. The van der Waals surface area contributed by atoms with Crippen LogP contribution in [0.3, 0.4) is 0 Å². The Kier molecular flexibility index (Phi) is 3.15. The van der Waals surface area contributed by atoms with Gasteiger partial charge in [-0.05, 0) is 50.4 Å². The summed E-state index contributed by atoms with van der Waals surface area (Å²) in [5.41, 5.74) is 5.73. The van der Waals surface area contributed by atoms with Gasteiger partial charge in [0.05, 0.1) is 0 Å². The third-order valence-electron chi connectivity index (χ3n) is 4.38. The molecule has 0 heterocycles. The molecule has 0 aromatic carbocycles. The zero-order chi connectivity index (χ0) is 10.9. The highest BCUT2D eigenvalue weighted by Gasteiger charge is 2.41. The average molecular weight is 209 g/mol. The number of hydrogen-bond donors (Lipinski definition) is 1. The van der Waals surface area contributed by atoms with Gasteiger partial charge in [-0.1, -0.05) is 6.92 Å². The predicted molar refractivity (Wildman–Crippen MR) is 61.5 cm³/mol. The fourth-order valence-corrected chi connectivity index (χ4v) is 2.71. The Balaban J connectivity index is 1.96. The molecule has 2 fully saturated rings. The second kappa shape index (κ2) is 4.25. The summed E-state index contributed by atoms with van der Waals surface area (Å²) >= 11 is 0. The molecule has 0 atom stereocenters. The lowest BCUT2D eigenvalue weighted by Crippen LogP contribution is -2.41. The van der Waals surface area contributed by atoms with Crippen LogP contribution < -0.4 is 5.73 Å². The van der Waals surface area contributed by atoms with Crippen LogP contribution in [0.2, 0.25) is 0 Å². The molecule has 0 amide bonds.